The second-order valence-electron chi connectivity index (χ2n) is 12.6. The van der Waals surface area contributed by atoms with E-state index in [-0.39, 0.29) is 11.5 Å². The lowest BCUT2D eigenvalue weighted by molar-refractivity contribution is -0.0115. The summed E-state index contributed by atoms with van der Waals surface area (Å²) in [6, 6.07) is 19.5. The Morgan fingerprint density at radius 1 is 0.953 bits per heavy atom. The predicted molar refractivity (Wildman–Crippen MR) is 169 cm³/mol. The van der Waals surface area contributed by atoms with Crippen LogP contribution in [0.5, 0.6) is 17.2 Å². The lowest BCUT2D eigenvalue weighted by Gasteiger charge is -2.49. The van der Waals surface area contributed by atoms with Gasteiger partial charge in [0.2, 0.25) is 0 Å². The molecule has 1 aromatic heterocycles. The zero-order valence-electron chi connectivity index (χ0n) is 25.4. The van der Waals surface area contributed by atoms with Crippen molar-refractivity contribution in [2.75, 3.05) is 14.2 Å². The van der Waals surface area contributed by atoms with Gasteiger partial charge in [0.1, 0.15) is 22.8 Å². The highest BCUT2D eigenvalue weighted by Gasteiger charge is 2.47. The van der Waals surface area contributed by atoms with Crippen molar-refractivity contribution in [3.05, 3.63) is 77.4 Å². The van der Waals surface area contributed by atoms with Crippen LogP contribution < -0.4 is 19.5 Å². The largest absolute Gasteiger partial charge is 0.497 e. The zero-order chi connectivity index (χ0) is 29.9. The van der Waals surface area contributed by atoms with Crippen LogP contribution in [-0.4, -0.2) is 35.7 Å². The average Bonchev–Trinajstić information content (AvgIpc) is 3.02. The van der Waals surface area contributed by atoms with Crippen LogP contribution in [0.25, 0.3) is 32.8 Å². The second kappa shape index (κ2) is 10.4. The standard InChI is InChI=1S/C36H37N3O4/c1-20-10-14-27-26(16-20)31-33-32(24-8-6-7-9-25(24)34(31)43-36(27,2)3)39-29-17-21(12-15-28(29)38-33)35(40)37-19-22-11-13-23(41-4)18-30(22)42-5/h6-9,11-13,15,17-18,20,26-27H,10,14,16,19H2,1-5H3,(H,37,40)/t20-,26?,27?/m1/s1. The maximum Gasteiger partial charge on any atom is 0.251 e. The molecule has 1 aliphatic heterocycles. The molecule has 7 nitrogen and oxygen atoms in total. The highest BCUT2D eigenvalue weighted by molar-refractivity contribution is 6.11. The van der Waals surface area contributed by atoms with Crippen LogP contribution >= 0.6 is 0 Å². The molecule has 43 heavy (non-hydrogen) atoms. The zero-order valence-corrected chi connectivity index (χ0v) is 25.4. The molecular formula is C36H37N3O4. The minimum absolute atomic E-state index is 0.188. The molecule has 2 unspecified atom stereocenters. The van der Waals surface area contributed by atoms with E-state index in [1.807, 2.05) is 42.5 Å². The van der Waals surface area contributed by atoms with E-state index in [2.05, 4.69) is 44.3 Å². The minimum Gasteiger partial charge on any atom is -0.497 e. The summed E-state index contributed by atoms with van der Waals surface area (Å²) in [5, 5.41) is 5.11. The Hall–Kier alpha value is -4.39. The Labute approximate surface area is 251 Å². The predicted octanol–water partition coefficient (Wildman–Crippen LogP) is 7.57. The molecule has 5 aromatic rings. The lowest BCUT2D eigenvalue weighted by Crippen LogP contribution is -2.46. The summed E-state index contributed by atoms with van der Waals surface area (Å²) in [6.07, 6.45) is 3.49. The number of nitrogens with one attached hydrogen (secondary N) is 1. The molecule has 7 rings (SSSR count). The van der Waals surface area contributed by atoms with Crippen molar-refractivity contribution in [2.24, 2.45) is 11.8 Å². The van der Waals surface area contributed by atoms with Gasteiger partial charge < -0.3 is 19.5 Å². The maximum atomic E-state index is 13.3. The van der Waals surface area contributed by atoms with E-state index in [9.17, 15) is 4.79 Å². The van der Waals surface area contributed by atoms with Gasteiger partial charge in [-0.15, -0.1) is 0 Å². The van der Waals surface area contributed by atoms with Crippen LogP contribution in [0, 0.1) is 11.8 Å². The Kier molecular flexibility index (Phi) is 6.64. The monoisotopic (exact) mass is 575 g/mol. The molecule has 0 bridgehead atoms. The van der Waals surface area contributed by atoms with Crippen LogP contribution in [0.4, 0.5) is 0 Å². The van der Waals surface area contributed by atoms with Crippen LogP contribution in [0.15, 0.2) is 60.7 Å². The van der Waals surface area contributed by atoms with Crippen LogP contribution in [0.3, 0.4) is 0 Å². The number of ether oxygens (including phenoxy) is 3. The first-order chi connectivity index (χ1) is 20.8. The van der Waals surface area contributed by atoms with Crippen molar-refractivity contribution < 1.29 is 19.0 Å². The molecule has 0 spiro atoms. The summed E-state index contributed by atoms with van der Waals surface area (Å²) in [4.78, 5) is 23.7. The quantitative estimate of drug-likeness (QED) is 0.172. The number of fused-ring (bicyclic) bond motifs is 9. The third-order valence-electron chi connectivity index (χ3n) is 9.53. The van der Waals surface area contributed by atoms with Gasteiger partial charge in [0.25, 0.3) is 5.91 Å². The van der Waals surface area contributed by atoms with Gasteiger partial charge in [-0.1, -0.05) is 37.6 Å². The number of aromatic nitrogens is 2. The molecule has 1 fully saturated rings. The first-order valence-electron chi connectivity index (χ1n) is 15.1. The minimum atomic E-state index is -0.253. The number of nitrogens with zero attached hydrogens (tertiary/aromatic N) is 2. The molecule has 0 radical (unpaired) electrons. The van der Waals surface area contributed by atoms with Gasteiger partial charge in [-0.3, -0.25) is 4.79 Å². The summed E-state index contributed by atoms with van der Waals surface area (Å²) in [7, 11) is 3.22. The summed E-state index contributed by atoms with van der Waals surface area (Å²) in [5.74, 6) is 3.57. The van der Waals surface area contributed by atoms with Gasteiger partial charge in [-0.25, -0.2) is 9.97 Å². The SMILES string of the molecule is COc1ccc(CNC(=O)c2ccc3nc4c5c(c6ccccc6c4nc3c2)OC(C)(C)C2CC[C@@H](C)CC52)c(OC)c1. The van der Waals surface area contributed by atoms with Crippen molar-refractivity contribution >= 4 is 38.7 Å². The summed E-state index contributed by atoms with van der Waals surface area (Å²) in [6.45, 7) is 7.17. The first kappa shape index (κ1) is 27.4. The van der Waals surface area contributed by atoms with E-state index in [1.165, 1.54) is 12.0 Å². The number of hydrogen-bond acceptors (Lipinski definition) is 6. The molecule has 2 heterocycles. The van der Waals surface area contributed by atoms with E-state index >= 15 is 0 Å². The van der Waals surface area contributed by atoms with Crippen LogP contribution in [0.2, 0.25) is 0 Å². The van der Waals surface area contributed by atoms with Gasteiger partial charge in [0.05, 0.1) is 36.3 Å². The van der Waals surface area contributed by atoms with E-state index < -0.39 is 0 Å². The van der Waals surface area contributed by atoms with Gasteiger partial charge in [0, 0.05) is 46.0 Å². The Morgan fingerprint density at radius 3 is 2.53 bits per heavy atom. The van der Waals surface area contributed by atoms with E-state index in [1.54, 1.807) is 14.2 Å². The fourth-order valence-electron chi connectivity index (χ4n) is 7.31. The molecule has 220 valence electrons. The molecule has 1 saturated carbocycles. The highest BCUT2D eigenvalue weighted by Crippen LogP contribution is 2.56. The Morgan fingerprint density at radius 2 is 1.74 bits per heavy atom. The molecule has 3 atom stereocenters. The lowest BCUT2D eigenvalue weighted by atomic mass is 9.64. The van der Waals surface area contributed by atoms with Crippen molar-refractivity contribution in [2.45, 2.75) is 58.1 Å². The van der Waals surface area contributed by atoms with Crippen molar-refractivity contribution in [1.29, 1.82) is 0 Å². The normalized spacial score (nSPS) is 20.7. The Bertz CT molecular complexity index is 1900. The average molecular weight is 576 g/mol. The van der Waals surface area contributed by atoms with Crippen molar-refractivity contribution in [3.8, 4) is 17.2 Å². The number of methoxy groups -OCH3 is 2. The van der Waals surface area contributed by atoms with Gasteiger partial charge in [-0.05, 0) is 68.9 Å². The molecule has 1 N–H and O–H groups in total. The fourth-order valence-corrected chi connectivity index (χ4v) is 7.31. The fraction of sp³-hybridized carbons (Fsp3) is 0.361. The topological polar surface area (TPSA) is 82.6 Å². The van der Waals surface area contributed by atoms with Gasteiger partial charge in [-0.2, -0.15) is 0 Å². The van der Waals surface area contributed by atoms with E-state index in [0.717, 1.165) is 51.5 Å². The van der Waals surface area contributed by atoms with E-state index in [0.29, 0.717) is 46.9 Å². The van der Waals surface area contributed by atoms with Crippen LogP contribution in [-0.2, 0) is 6.54 Å². The van der Waals surface area contributed by atoms with Gasteiger partial charge in [0.15, 0.2) is 0 Å². The van der Waals surface area contributed by atoms with E-state index in [4.69, 9.17) is 24.2 Å². The second-order valence-corrected chi connectivity index (χ2v) is 12.6. The summed E-state index contributed by atoms with van der Waals surface area (Å²) in [5.41, 5.74) is 5.58. The highest BCUT2D eigenvalue weighted by atomic mass is 16.5. The van der Waals surface area contributed by atoms with Crippen LogP contribution in [0.1, 0.15) is 67.4 Å². The molecule has 1 amide bonds. The van der Waals surface area contributed by atoms with Crippen molar-refractivity contribution in [3.63, 3.8) is 0 Å². The molecule has 7 heteroatoms. The third-order valence-corrected chi connectivity index (χ3v) is 9.53. The molecule has 2 aliphatic rings. The number of rotatable bonds is 5. The summed E-state index contributed by atoms with van der Waals surface area (Å²) < 4.78 is 17.6. The number of benzene rings is 4. The molecular weight excluding hydrogens is 538 g/mol. The van der Waals surface area contributed by atoms with Crippen molar-refractivity contribution in [1.82, 2.24) is 15.3 Å². The number of carbonyl (C=O) groups excluding carboxylic acids is 1. The number of hydrogen-bond donors (Lipinski definition) is 1. The molecule has 1 aliphatic carbocycles. The number of amides is 1. The maximum absolute atomic E-state index is 13.3. The number of carbonyl (C=O) groups is 1. The summed E-state index contributed by atoms with van der Waals surface area (Å²) >= 11 is 0. The first-order valence-corrected chi connectivity index (χ1v) is 15.1. The molecule has 0 saturated heterocycles. The van der Waals surface area contributed by atoms with Gasteiger partial charge >= 0.3 is 0 Å². The smallest absolute Gasteiger partial charge is 0.251 e. The molecule has 4 aromatic carbocycles. The third kappa shape index (κ3) is 4.62. The Balaban J connectivity index is 1.31.